The van der Waals surface area contributed by atoms with E-state index in [4.69, 9.17) is 4.74 Å². The Kier molecular flexibility index (Phi) is 4.84. The zero-order valence-corrected chi connectivity index (χ0v) is 16.4. The van der Waals surface area contributed by atoms with Crippen LogP contribution in [0, 0.1) is 12.8 Å². The summed E-state index contributed by atoms with van der Waals surface area (Å²) < 4.78 is 5.48. The number of ether oxygens (including phenoxy) is 1. The average molecular weight is 378 g/mol. The second-order valence-corrected chi connectivity index (χ2v) is 7.98. The minimum absolute atomic E-state index is 0.0270. The molecule has 2 aliphatic rings. The van der Waals surface area contributed by atoms with Crippen LogP contribution in [0.3, 0.4) is 0 Å². The molecule has 1 N–H and O–H groups in total. The van der Waals surface area contributed by atoms with Crippen LogP contribution < -0.4 is 10.1 Å². The first-order chi connectivity index (χ1) is 13.5. The molecular weight excluding hydrogens is 352 g/mol. The molecule has 28 heavy (non-hydrogen) atoms. The fourth-order valence-electron chi connectivity index (χ4n) is 4.26. The highest BCUT2D eigenvalue weighted by Crippen LogP contribution is 2.59. The number of amides is 2. The Morgan fingerprint density at radius 1 is 1.21 bits per heavy atom. The van der Waals surface area contributed by atoms with Gasteiger partial charge in [0.25, 0.3) is 5.91 Å². The summed E-state index contributed by atoms with van der Waals surface area (Å²) in [6.45, 7) is 3.73. The molecule has 2 aromatic carbocycles. The monoisotopic (exact) mass is 378 g/mol. The quantitative estimate of drug-likeness (QED) is 0.840. The van der Waals surface area contributed by atoms with Crippen LogP contribution in [0.25, 0.3) is 0 Å². The molecule has 0 unspecified atom stereocenters. The lowest BCUT2D eigenvalue weighted by atomic mass is 9.94. The predicted octanol–water partition coefficient (Wildman–Crippen LogP) is 2.46. The van der Waals surface area contributed by atoms with Crippen molar-refractivity contribution in [1.29, 1.82) is 0 Å². The molecule has 0 spiro atoms. The van der Waals surface area contributed by atoms with Crippen molar-refractivity contribution in [2.24, 2.45) is 5.92 Å². The van der Waals surface area contributed by atoms with Gasteiger partial charge >= 0.3 is 0 Å². The van der Waals surface area contributed by atoms with E-state index in [2.05, 4.69) is 36.5 Å². The van der Waals surface area contributed by atoms with E-state index in [0.717, 1.165) is 18.7 Å². The lowest BCUT2D eigenvalue weighted by Gasteiger charge is -2.22. The molecule has 1 saturated carbocycles. The fraction of sp³-hybridized carbons (Fsp3) is 0.391. The number of likely N-dealkylation sites (tertiary alicyclic amines) is 1. The van der Waals surface area contributed by atoms with Crippen LogP contribution >= 0.6 is 0 Å². The van der Waals surface area contributed by atoms with Crippen molar-refractivity contribution in [1.82, 2.24) is 10.2 Å². The second kappa shape index (κ2) is 7.30. The van der Waals surface area contributed by atoms with Crippen molar-refractivity contribution >= 4 is 11.8 Å². The molecule has 1 aliphatic carbocycles. The number of rotatable bonds is 6. The highest BCUT2D eigenvalue weighted by atomic mass is 16.5. The molecular formula is C23H26N2O3. The Labute approximate surface area is 165 Å². The molecule has 2 amide bonds. The molecule has 5 heteroatoms. The number of nitrogens with one attached hydrogen (secondary N) is 1. The molecule has 2 aromatic rings. The number of aryl methyl sites for hydroxylation is 1. The third kappa shape index (κ3) is 3.61. The molecule has 0 radical (unpaired) electrons. The van der Waals surface area contributed by atoms with Gasteiger partial charge in [0.1, 0.15) is 5.75 Å². The minimum atomic E-state index is -0.181. The highest BCUT2D eigenvalue weighted by Gasteiger charge is 2.61. The number of nitrogens with zero attached hydrogens (tertiary/aromatic N) is 1. The first-order valence-corrected chi connectivity index (χ1v) is 9.77. The van der Waals surface area contributed by atoms with Crippen molar-refractivity contribution in [3.63, 3.8) is 0 Å². The van der Waals surface area contributed by atoms with Gasteiger partial charge in [-0.25, -0.2) is 0 Å². The van der Waals surface area contributed by atoms with Gasteiger partial charge in [0, 0.05) is 25.6 Å². The molecule has 1 heterocycles. The highest BCUT2D eigenvalue weighted by molar-refractivity contribution is 5.80. The maximum absolute atomic E-state index is 12.9. The topological polar surface area (TPSA) is 58.6 Å². The number of hydrogen-bond acceptors (Lipinski definition) is 3. The second-order valence-electron chi connectivity index (χ2n) is 7.98. The van der Waals surface area contributed by atoms with Crippen LogP contribution in [0.4, 0.5) is 0 Å². The Bertz CT molecular complexity index is 893. The summed E-state index contributed by atoms with van der Waals surface area (Å²) in [4.78, 5) is 26.2. The Morgan fingerprint density at radius 3 is 2.75 bits per heavy atom. The third-order valence-corrected chi connectivity index (χ3v) is 6.03. The van der Waals surface area contributed by atoms with E-state index in [9.17, 15) is 9.59 Å². The van der Waals surface area contributed by atoms with E-state index in [1.54, 1.807) is 13.1 Å². The summed E-state index contributed by atoms with van der Waals surface area (Å²) in [6.07, 6.45) is 1.54. The van der Waals surface area contributed by atoms with E-state index in [1.807, 2.05) is 23.1 Å². The Balaban J connectivity index is 1.37. The molecule has 5 nitrogen and oxygen atoms in total. The lowest BCUT2D eigenvalue weighted by molar-refractivity contribution is -0.130. The maximum atomic E-state index is 12.9. The number of carbonyl (C=O) groups is 2. The van der Waals surface area contributed by atoms with Gasteiger partial charge in [0.05, 0.1) is 6.42 Å². The summed E-state index contributed by atoms with van der Waals surface area (Å²) in [6, 6.07) is 16.2. The van der Waals surface area contributed by atoms with Crippen molar-refractivity contribution in [2.45, 2.75) is 25.2 Å². The van der Waals surface area contributed by atoms with Crippen molar-refractivity contribution < 1.29 is 14.3 Å². The van der Waals surface area contributed by atoms with E-state index in [-0.39, 0.29) is 23.8 Å². The zero-order chi connectivity index (χ0) is 19.7. The van der Waals surface area contributed by atoms with Crippen LogP contribution in [0.1, 0.15) is 23.1 Å². The van der Waals surface area contributed by atoms with E-state index in [1.165, 1.54) is 17.5 Å². The molecule has 1 aliphatic heterocycles. The normalized spacial score (nSPS) is 22.5. The van der Waals surface area contributed by atoms with Gasteiger partial charge in [-0.1, -0.05) is 42.0 Å². The van der Waals surface area contributed by atoms with Crippen molar-refractivity contribution in [3.05, 3.63) is 65.2 Å². The summed E-state index contributed by atoms with van der Waals surface area (Å²) in [5.74, 6) is 1.16. The summed E-state index contributed by atoms with van der Waals surface area (Å²) in [7, 11) is 1.57. The van der Waals surface area contributed by atoms with Gasteiger partial charge in [-0.05, 0) is 42.5 Å². The third-order valence-electron chi connectivity index (χ3n) is 6.03. The number of likely N-dealkylation sites (N-methyl/N-ethyl adjacent to an activating group) is 1. The van der Waals surface area contributed by atoms with E-state index >= 15 is 0 Å². The molecule has 1 saturated heterocycles. The van der Waals surface area contributed by atoms with Crippen molar-refractivity contribution in [3.8, 4) is 5.75 Å². The maximum Gasteiger partial charge on any atom is 0.257 e. The van der Waals surface area contributed by atoms with Crippen LogP contribution in [0.15, 0.2) is 48.5 Å². The number of piperidine rings is 1. The Morgan fingerprint density at radius 2 is 2.00 bits per heavy atom. The van der Waals surface area contributed by atoms with Crippen LogP contribution in [0.5, 0.6) is 5.75 Å². The lowest BCUT2D eigenvalue weighted by Crippen LogP contribution is -2.34. The average Bonchev–Trinajstić information content (AvgIpc) is 3.27. The number of fused-ring (bicyclic) bond motifs is 1. The first-order valence-electron chi connectivity index (χ1n) is 9.77. The van der Waals surface area contributed by atoms with Crippen LogP contribution in [0.2, 0.25) is 0 Å². The van der Waals surface area contributed by atoms with Gasteiger partial charge in [-0.2, -0.15) is 0 Å². The molecule has 0 aromatic heterocycles. The number of hydrogen-bond donors (Lipinski definition) is 1. The van der Waals surface area contributed by atoms with Crippen LogP contribution in [-0.4, -0.2) is 43.5 Å². The first kappa shape index (κ1) is 18.5. The molecule has 2 fully saturated rings. The minimum Gasteiger partial charge on any atom is -0.484 e. The van der Waals surface area contributed by atoms with E-state index in [0.29, 0.717) is 18.1 Å². The molecule has 0 bridgehead atoms. The molecule has 4 rings (SSSR count). The smallest absolute Gasteiger partial charge is 0.257 e. The Hall–Kier alpha value is -2.82. The fourth-order valence-corrected chi connectivity index (χ4v) is 4.26. The predicted molar refractivity (Wildman–Crippen MR) is 107 cm³/mol. The van der Waals surface area contributed by atoms with Crippen LogP contribution in [-0.2, 0) is 21.4 Å². The summed E-state index contributed by atoms with van der Waals surface area (Å²) in [5, 5.41) is 2.52. The van der Waals surface area contributed by atoms with Gasteiger partial charge in [0.2, 0.25) is 5.91 Å². The van der Waals surface area contributed by atoms with Gasteiger partial charge in [0.15, 0.2) is 6.61 Å². The molecule has 146 valence electrons. The van der Waals surface area contributed by atoms with Crippen molar-refractivity contribution in [2.75, 3.05) is 26.7 Å². The standard InChI is InChI=1S/C23H26N2O3/c1-16-6-8-18(9-7-16)23-12-19(23)13-25(15-23)22(27)11-17-4-3-5-20(10-17)28-14-21(26)24-2/h3-10,19H,11-15H2,1-2H3,(H,24,26)/t19-,23+/m0/s1. The summed E-state index contributed by atoms with van der Waals surface area (Å²) >= 11 is 0. The largest absolute Gasteiger partial charge is 0.484 e. The van der Waals surface area contributed by atoms with Gasteiger partial charge in [-0.15, -0.1) is 0 Å². The number of benzene rings is 2. The SMILES string of the molecule is CNC(=O)COc1cccc(CC(=O)N2C[C@@H]3C[C@]3(c3ccc(C)cc3)C2)c1. The summed E-state index contributed by atoms with van der Waals surface area (Å²) in [5.41, 5.74) is 3.70. The molecule has 2 atom stereocenters. The number of carbonyl (C=O) groups excluding carboxylic acids is 2. The van der Waals surface area contributed by atoms with Gasteiger partial charge < -0.3 is 15.0 Å². The van der Waals surface area contributed by atoms with Gasteiger partial charge in [-0.3, -0.25) is 9.59 Å². The van der Waals surface area contributed by atoms with E-state index < -0.39 is 0 Å². The zero-order valence-electron chi connectivity index (χ0n) is 16.4.